The van der Waals surface area contributed by atoms with E-state index in [9.17, 15) is 19.0 Å². The smallest absolute Gasteiger partial charge is 0.306 e. The van der Waals surface area contributed by atoms with Gasteiger partial charge in [-0.15, -0.1) is 0 Å². The van der Waals surface area contributed by atoms with E-state index in [1.54, 1.807) is 0 Å². The Morgan fingerprint density at radius 1 is 0.536 bits per heavy atom. The van der Waals surface area contributed by atoms with Gasteiger partial charge in [0, 0.05) is 12.8 Å². The van der Waals surface area contributed by atoms with Crippen LogP contribution >= 0.6 is 7.82 Å². The highest BCUT2D eigenvalue weighted by molar-refractivity contribution is 7.45. The summed E-state index contributed by atoms with van der Waals surface area (Å²) in [6.07, 6.45) is 41.9. The standard InChI is InChI=1S/C46H88NO8P/c1-6-8-10-12-14-16-18-20-22-23-25-26-28-30-32-34-36-38-45(48)52-42-44(43-54-56(50,51)53-41-40-47(3,4)5)55-46(49)39-37-35-33-31-29-27-24-21-19-17-15-13-11-9-7-2/h13,15-16,18,44H,6-12,14,17,19-43H2,1-5H3/b15-13+,18-16+/t44-/m1/s1. The van der Waals surface area contributed by atoms with Crippen LogP contribution in [0.25, 0.3) is 0 Å². The van der Waals surface area contributed by atoms with Gasteiger partial charge in [-0.2, -0.15) is 0 Å². The number of allylic oxidation sites excluding steroid dienone is 4. The number of quaternary nitrogens is 1. The molecule has 0 aliphatic heterocycles. The van der Waals surface area contributed by atoms with Crippen LogP contribution in [0, 0.1) is 0 Å². The minimum Gasteiger partial charge on any atom is -0.756 e. The lowest BCUT2D eigenvalue weighted by atomic mass is 10.1. The van der Waals surface area contributed by atoms with Crippen molar-refractivity contribution in [2.24, 2.45) is 0 Å². The van der Waals surface area contributed by atoms with Crippen molar-refractivity contribution >= 4 is 19.8 Å². The Morgan fingerprint density at radius 2 is 0.929 bits per heavy atom. The zero-order valence-corrected chi connectivity index (χ0v) is 38.0. The maximum Gasteiger partial charge on any atom is 0.306 e. The third kappa shape index (κ3) is 42.1. The van der Waals surface area contributed by atoms with Crippen LogP contribution in [0.4, 0.5) is 0 Å². The number of hydrogen-bond acceptors (Lipinski definition) is 8. The molecule has 0 heterocycles. The number of phosphoric ester groups is 1. The molecule has 330 valence electrons. The van der Waals surface area contributed by atoms with Gasteiger partial charge in [-0.05, 0) is 57.8 Å². The largest absolute Gasteiger partial charge is 0.756 e. The fourth-order valence-corrected chi connectivity index (χ4v) is 7.01. The van der Waals surface area contributed by atoms with Crippen molar-refractivity contribution in [1.82, 2.24) is 0 Å². The lowest BCUT2D eigenvalue weighted by Gasteiger charge is -2.28. The lowest BCUT2D eigenvalue weighted by Crippen LogP contribution is -2.37. The molecule has 0 saturated carbocycles. The first kappa shape index (κ1) is 54.5. The van der Waals surface area contributed by atoms with Crippen LogP contribution < -0.4 is 4.89 Å². The third-order valence-electron chi connectivity index (χ3n) is 9.94. The molecule has 0 amide bonds. The molecule has 2 atom stereocenters. The van der Waals surface area contributed by atoms with Crippen molar-refractivity contribution in [2.75, 3.05) is 47.5 Å². The molecule has 56 heavy (non-hydrogen) atoms. The second-order valence-corrected chi connectivity index (χ2v) is 18.2. The van der Waals surface area contributed by atoms with Crippen molar-refractivity contribution in [3.63, 3.8) is 0 Å². The summed E-state index contributed by atoms with van der Waals surface area (Å²) >= 11 is 0. The van der Waals surface area contributed by atoms with E-state index in [4.69, 9.17) is 18.5 Å². The van der Waals surface area contributed by atoms with Gasteiger partial charge in [-0.25, -0.2) is 0 Å². The molecule has 0 aliphatic rings. The predicted molar refractivity (Wildman–Crippen MR) is 231 cm³/mol. The molecule has 10 heteroatoms. The van der Waals surface area contributed by atoms with E-state index < -0.39 is 26.5 Å². The van der Waals surface area contributed by atoms with E-state index in [1.807, 2.05) is 21.1 Å². The van der Waals surface area contributed by atoms with Gasteiger partial charge in [0.15, 0.2) is 6.10 Å². The highest BCUT2D eigenvalue weighted by Gasteiger charge is 2.21. The van der Waals surface area contributed by atoms with Gasteiger partial charge >= 0.3 is 11.9 Å². The molecule has 0 spiro atoms. The van der Waals surface area contributed by atoms with Crippen LogP contribution in [0.5, 0.6) is 0 Å². The van der Waals surface area contributed by atoms with Gasteiger partial charge in [0.2, 0.25) is 0 Å². The maximum atomic E-state index is 12.7. The molecule has 0 rings (SSSR count). The quantitative estimate of drug-likeness (QED) is 0.0197. The van der Waals surface area contributed by atoms with E-state index in [1.165, 1.54) is 135 Å². The van der Waals surface area contributed by atoms with Crippen molar-refractivity contribution in [3.8, 4) is 0 Å². The van der Waals surface area contributed by atoms with Crippen LogP contribution in [0.15, 0.2) is 24.3 Å². The summed E-state index contributed by atoms with van der Waals surface area (Å²) in [6.45, 7) is 4.20. The summed E-state index contributed by atoms with van der Waals surface area (Å²) < 4.78 is 33.9. The first-order valence-corrected chi connectivity index (χ1v) is 24.5. The monoisotopic (exact) mass is 814 g/mol. The van der Waals surface area contributed by atoms with Crippen molar-refractivity contribution in [3.05, 3.63) is 24.3 Å². The van der Waals surface area contributed by atoms with E-state index in [2.05, 4.69) is 38.2 Å². The van der Waals surface area contributed by atoms with Gasteiger partial charge < -0.3 is 27.9 Å². The van der Waals surface area contributed by atoms with E-state index >= 15 is 0 Å². The molecule has 0 saturated heterocycles. The van der Waals surface area contributed by atoms with Crippen LogP contribution in [-0.2, 0) is 32.7 Å². The number of esters is 2. The first-order chi connectivity index (χ1) is 27.0. The molecule has 0 aromatic rings. The molecule has 0 bridgehead atoms. The molecule has 1 unspecified atom stereocenters. The summed E-state index contributed by atoms with van der Waals surface area (Å²) in [4.78, 5) is 37.6. The van der Waals surface area contributed by atoms with Gasteiger partial charge in [-0.3, -0.25) is 14.2 Å². The molecule has 0 fully saturated rings. The van der Waals surface area contributed by atoms with Crippen LogP contribution in [0.1, 0.15) is 206 Å². The Labute approximate surface area is 345 Å². The average molecular weight is 814 g/mol. The number of phosphoric acid groups is 1. The highest BCUT2D eigenvalue weighted by Crippen LogP contribution is 2.38. The second kappa shape index (κ2) is 39.0. The molecular formula is C46H88NO8P. The minimum atomic E-state index is -4.62. The number of ether oxygens (including phenoxy) is 2. The summed E-state index contributed by atoms with van der Waals surface area (Å²) in [5, 5.41) is 0. The molecule has 0 aromatic carbocycles. The summed E-state index contributed by atoms with van der Waals surface area (Å²) in [7, 11) is 1.17. The van der Waals surface area contributed by atoms with Crippen LogP contribution in [0.3, 0.4) is 0 Å². The van der Waals surface area contributed by atoms with Gasteiger partial charge in [-0.1, -0.05) is 160 Å². The van der Waals surface area contributed by atoms with E-state index in [0.717, 1.165) is 38.5 Å². The van der Waals surface area contributed by atoms with Gasteiger partial charge in [0.05, 0.1) is 27.7 Å². The zero-order chi connectivity index (χ0) is 41.4. The SMILES string of the molecule is CCCC/C=C/CCCCCCCCCCCC(=O)O[C@H](COC(=O)CCCCCCCCCCC/C=C/CCCCCC)COP(=O)([O-])OCC[N+](C)(C)C. The second-order valence-electron chi connectivity index (χ2n) is 16.8. The molecule has 0 radical (unpaired) electrons. The van der Waals surface area contributed by atoms with E-state index in [-0.39, 0.29) is 32.0 Å². The summed E-state index contributed by atoms with van der Waals surface area (Å²) in [5.41, 5.74) is 0. The molecule has 0 aromatic heterocycles. The third-order valence-corrected chi connectivity index (χ3v) is 10.9. The van der Waals surface area contributed by atoms with Crippen LogP contribution in [0.2, 0.25) is 0 Å². The van der Waals surface area contributed by atoms with Crippen molar-refractivity contribution in [1.29, 1.82) is 0 Å². The number of carbonyl (C=O) groups is 2. The number of carbonyl (C=O) groups excluding carboxylic acids is 2. The van der Waals surface area contributed by atoms with Crippen molar-refractivity contribution < 1.29 is 42.1 Å². The fraction of sp³-hybridized carbons (Fsp3) is 0.870. The number of rotatable bonds is 42. The fourth-order valence-electron chi connectivity index (χ4n) is 6.28. The normalized spacial score (nSPS) is 13.8. The van der Waals surface area contributed by atoms with Gasteiger partial charge in [0.1, 0.15) is 19.8 Å². The molecule has 0 aliphatic carbocycles. The molecule has 0 N–H and O–H groups in total. The Balaban J connectivity index is 4.31. The number of likely N-dealkylation sites (N-methyl/N-ethyl adjacent to an activating group) is 1. The van der Waals surface area contributed by atoms with Gasteiger partial charge in [0.25, 0.3) is 7.82 Å². The first-order valence-electron chi connectivity index (χ1n) is 23.0. The minimum absolute atomic E-state index is 0.0301. The van der Waals surface area contributed by atoms with E-state index in [0.29, 0.717) is 17.4 Å². The summed E-state index contributed by atoms with van der Waals surface area (Å²) in [5.74, 6) is -0.833. The Hall–Kier alpha value is -1.51. The maximum absolute atomic E-state index is 12.7. The summed E-state index contributed by atoms with van der Waals surface area (Å²) in [6, 6.07) is 0. The van der Waals surface area contributed by atoms with Crippen molar-refractivity contribution in [2.45, 2.75) is 213 Å². The topological polar surface area (TPSA) is 111 Å². The zero-order valence-electron chi connectivity index (χ0n) is 37.1. The number of nitrogens with zero attached hydrogens (tertiary/aromatic N) is 1. The average Bonchev–Trinajstić information content (AvgIpc) is 3.15. The van der Waals surface area contributed by atoms with Crippen LogP contribution in [-0.4, -0.2) is 70.0 Å². The molecular weight excluding hydrogens is 725 g/mol. The highest BCUT2D eigenvalue weighted by atomic mass is 31.2. The number of hydrogen-bond donors (Lipinski definition) is 0. The lowest BCUT2D eigenvalue weighted by molar-refractivity contribution is -0.870. The number of unbranched alkanes of at least 4 members (excludes halogenated alkanes) is 24. The molecule has 9 nitrogen and oxygen atoms in total. The predicted octanol–water partition coefficient (Wildman–Crippen LogP) is 12.5. The Kier molecular flexibility index (Phi) is 37.9. The Morgan fingerprint density at radius 3 is 1.38 bits per heavy atom. The Bertz CT molecular complexity index is 1010.